The number of halogens is 7. The first-order valence-corrected chi connectivity index (χ1v) is 15.5. The second-order valence-corrected chi connectivity index (χ2v) is 11.6. The topological polar surface area (TPSA) is 70.4 Å². The molecule has 0 bridgehead atoms. The molecule has 4 heterocycles. The highest BCUT2D eigenvalue weighted by atomic mass is 79.9. The molecule has 0 saturated heterocycles. The molecule has 250 valence electrons. The van der Waals surface area contributed by atoms with Gasteiger partial charge in [-0.1, -0.05) is 78.7 Å². The van der Waals surface area contributed by atoms with Crippen molar-refractivity contribution in [2.75, 3.05) is 13.6 Å². The number of nitriles is 1. The van der Waals surface area contributed by atoms with Crippen LogP contribution in [0.3, 0.4) is 0 Å². The number of fused-ring (bicyclic) bond motifs is 2. The summed E-state index contributed by atoms with van der Waals surface area (Å²) >= 11 is 3.07. The van der Waals surface area contributed by atoms with Gasteiger partial charge in [0.25, 0.3) is 0 Å². The van der Waals surface area contributed by atoms with Gasteiger partial charge in [-0.3, -0.25) is 8.80 Å². The first kappa shape index (κ1) is 36.2. The van der Waals surface area contributed by atoms with Gasteiger partial charge in [-0.25, -0.2) is 9.97 Å². The lowest BCUT2D eigenvalue weighted by molar-refractivity contribution is -0.146. The van der Waals surface area contributed by atoms with E-state index in [9.17, 15) is 26.3 Å². The minimum absolute atomic E-state index is 0.144. The highest BCUT2D eigenvalue weighted by molar-refractivity contribution is 9.10. The maximum atomic E-state index is 13.1. The Bertz CT molecular complexity index is 2030. The highest BCUT2D eigenvalue weighted by Gasteiger charge is 2.38. The maximum absolute atomic E-state index is 13.1. The third-order valence-electron chi connectivity index (χ3n) is 7.11. The largest absolute Gasteiger partial charge is 0.450 e. The van der Waals surface area contributed by atoms with Crippen LogP contribution in [0.4, 0.5) is 26.3 Å². The van der Waals surface area contributed by atoms with E-state index >= 15 is 0 Å². The fraction of sp³-hybridized carbons (Fsp3) is 0.229. The van der Waals surface area contributed by atoms with Gasteiger partial charge in [0.05, 0.1) is 11.0 Å². The molecule has 6 nitrogen and oxygen atoms in total. The molecule has 0 spiro atoms. The summed E-state index contributed by atoms with van der Waals surface area (Å²) in [6, 6.07) is 23.3. The second kappa shape index (κ2) is 15.0. The van der Waals surface area contributed by atoms with Crippen molar-refractivity contribution in [1.29, 1.82) is 5.26 Å². The van der Waals surface area contributed by atoms with Crippen molar-refractivity contribution >= 4 is 27.0 Å². The fourth-order valence-corrected chi connectivity index (χ4v) is 5.19. The van der Waals surface area contributed by atoms with E-state index in [4.69, 9.17) is 5.26 Å². The minimum Gasteiger partial charge on any atom is -0.320 e. The molecule has 1 N–H and O–H groups in total. The number of imidazole rings is 2. The van der Waals surface area contributed by atoms with Crippen LogP contribution in [-0.2, 0) is 12.4 Å². The van der Waals surface area contributed by atoms with Gasteiger partial charge < -0.3 is 5.32 Å². The molecule has 0 fully saturated rings. The Labute approximate surface area is 281 Å². The van der Waals surface area contributed by atoms with Crippen LogP contribution in [-0.4, -0.2) is 32.4 Å². The number of nitrogens with one attached hydrogen (secondary N) is 1. The SMILES string of the molecule is CCCNC.Cc1ccc(-c2ccc3c(Br)nc(C(F)(F)F)n3c2)cc1.Cc1ccc(-c2ccc3c(C#N)nc(C(F)(F)F)n3c2)cc1. The zero-order valence-corrected chi connectivity index (χ0v) is 28.0. The number of pyridine rings is 2. The Morgan fingerprint density at radius 2 is 1.10 bits per heavy atom. The average molecular weight is 730 g/mol. The van der Waals surface area contributed by atoms with Crippen LogP contribution in [0.1, 0.15) is 41.8 Å². The van der Waals surface area contributed by atoms with Crippen LogP contribution in [0.5, 0.6) is 0 Å². The van der Waals surface area contributed by atoms with Crippen molar-refractivity contribution < 1.29 is 26.3 Å². The lowest BCUT2D eigenvalue weighted by atomic mass is 10.1. The quantitative estimate of drug-likeness (QED) is 0.184. The summed E-state index contributed by atoms with van der Waals surface area (Å²) in [5.41, 5.74) is 5.45. The lowest BCUT2D eigenvalue weighted by Gasteiger charge is -2.07. The van der Waals surface area contributed by atoms with Crippen molar-refractivity contribution in [3.05, 3.63) is 118 Å². The van der Waals surface area contributed by atoms with Crippen molar-refractivity contribution in [2.24, 2.45) is 0 Å². The summed E-state index contributed by atoms with van der Waals surface area (Å²) in [6.45, 7) is 7.18. The Kier molecular flexibility index (Phi) is 11.3. The Morgan fingerprint density at radius 1 is 0.688 bits per heavy atom. The zero-order valence-electron chi connectivity index (χ0n) is 26.4. The summed E-state index contributed by atoms with van der Waals surface area (Å²) in [5.74, 6) is -2.02. The molecule has 4 aromatic heterocycles. The number of hydrogen-bond donors (Lipinski definition) is 1. The summed E-state index contributed by atoms with van der Waals surface area (Å²) in [5, 5.41) is 12.0. The van der Waals surface area contributed by atoms with E-state index in [0.29, 0.717) is 16.6 Å². The summed E-state index contributed by atoms with van der Waals surface area (Å²) in [7, 11) is 1.96. The Morgan fingerprint density at radius 3 is 1.50 bits per heavy atom. The predicted molar refractivity (Wildman–Crippen MR) is 177 cm³/mol. The van der Waals surface area contributed by atoms with Gasteiger partial charge in [0, 0.05) is 12.4 Å². The van der Waals surface area contributed by atoms with E-state index in [1.54, 1.807) is 24.3 Å². The van der Waals surface area contributed by atoms with E-state index in [-0.39, 0.29) is 15.8 Å². The van der Waals surface area contributed by atoms with Crippen LogP contribution in [0, 0.1) is 25.2 Å². The maximum Gasteiger partial charge on any atom is 0.450 e. The molecule has 0 aliphatic heterocycles. The molecular formula is C35H31BrF6N6. The van der Waals surface area contributed by atoms with Crippen molar-refractivity contribution in [3.63, 3.8) is 0 Å². The average Bonchev–Trinajstić information content (AvgIpc) is 3.60. The standard InChI is InChI=1S/C16H10F3N3.C15H10BrF3N2.C4H11N/c1-10-2-4-11(5-3-10)12-6-7-14-13(8-20)21-15(16(17,18)19)22(14)9-12;1-9-2-4-10(5-3-9)11-6-7-12-13(16)20-14(15(17,18)19)21(12)8-11;1-3-4-5-2/h2-7,9H,1H3;2-8H,1H3;5H,3-4H2,1-2H3. The zero-order chi connectivity index (χ0) is 35.2. The van der Waals surface area contributed by atoms with E-state index < -0.39 is 24.0 Å². The van der Waals surface area contributed by atoms with Crippen LogP contribution >= 0.6 is 15.9 Å². The number of benzene rings is 2. The monoisotopic (exact) mass is 728 g/mol. The molecule has 48 heavy (non-hydrogen) atoms. The van der Waals surface area contributed by atoms with Gasteiger partial charge in [0.2, 0.25) is 11.6 Å². The van der Waals surface area contributed by atoms with Gasteiger partial charge in [-0.2, -0.15) is 31.6 Å². The second-order valence-electron chi connectivity index (χ2n) is 10.8. The first-order chi connectivity index (χ1) is 22.7. The molecule has 0 unspecified atom stereocenters. The summed E-state index contributed by atoms with van der Waals surface area (Å²) < 4.78 is 80.4. The van der Waals surface area contributed by atoms with E-state index in [0.717, 1.165) is 37.6 Å². The van der Waals surface area contributed by atoms with Crippen LogP contribution in [0.2, 0.25) is 0 Å². The minimum atomic E-state index is -4.62. The van der Waals surface area contributed by atoms with Crippen LogP contribution < -0.4 is 5.32 Å². The molecule has 0 atom stereocenters. The third kappa shape index (κ3) is 8.42. The highest BCUT2D eigenvalue weighted by Crippen LogP contribution is 2.34. The summed E-state index contributed by atoms with van der Waals surface area (Å²) in [6.07, 6.45) is -5.07. The van der Waals surface area contributed by atoms with E-state index in [2.05, 4.69) is 38.1 Å². The lowest BCUT2D eigenvalue weighted by Crippen LogP contribution is -2.10. The van der Waals surface area contributed by atoms with Crippen molar-refractivity contribution in [2.45, 2.75) is 39.5 Å². The van der Waals surface area contributed by atoms with Crippen molar-refractivity contribution in [1.82, 2.24) is 24.1 Å². The van der Waals surface area contributed by atoms with Gasteiger partial charge in [0.1, 0.15) is 10.7 Å². The van der Waals surface area contributed by atoms with Gasteiger partial charge in [0.15, 0.2) is 5.69 Å². The van der Waals surface area contributed by atoms with Crippen LogP contribution in [0.25, 0.3) is 33.3 Å². The molecule has 0 radical (unpaired) electrons. The van der Waals surface area contributed by atoms with Gasteiger partial charge >= 0.3 is 12.4 Å². The molecule has 6 aromatic rings. The summed E-state index contributed by atoms with van der Waals surface area (Å²) in [4.78, 5) is 6.97. The molecule has 6 rings (SSSR count). The number of aryl methyl sites for hydroxylation is 2. The Balaban J connectivity index is 0.000000191. The molecular weight excluding hydrogens is 698 g/mol. The number of hydrogen-bond acceptors (Lipinski definition) is 4. The number of rotatable bonds is 4. The molecule has 0 amide bonds. The molecule has 13 heteroatoms. The van der Waals surface area contributed by atoms with Gasteiger partial charge in [-0.15, -0.1) is 0 Å². The Hall–Kier alpha value is -4.67. The predicted octanol–water partition coefficient (Wildman–Crippen LogP) is 9.91. The normalized spacial score (nSPS) is 11.5. The fourth-order valence-electron chi connectivity index (χ4n) is 4.70. The number of nitrogens with zero attached hydrogens (tertiary/aromatic N) is 5. The molecule has 0 aliphatic carbocycles. The molecule has 0 aliphatic rings. The van der Waals surface area contributed by atoms with Crippen LogP contribution in [0.15, 0.2) is 89.8 Å². The van der Waals surface area contributed by atoms with Crippen molar-refractivity contribution in [3.8, 4) is 28.3 Å². The third-order valence-corrected chi connectivity index (χ3v) is 7.70. The van der Waals surface area contributed by atoms with Gasteiger partial charge in [-0.05, 0) is 84.2 Å². The molecule has 2 aromatic carbocycles. The number of alkyl halides is 6. The molecule has 0 saturated carbocycles. The van der Waals surface area contributed by atoms with E-state index in [1.807, 2.05) is 69.4 Å². The van der Waals surface area contributed by atoms with E-state index in [1.165, 1.54) is 24.9 Å². The number of aromatic nitrogens is 4. The smallest absolute Gasteiger partial charge is 0.320 e. The first-order valence-electron chi connectivity index (χ1n) is 14.7.